The van der Waals surface area contributed by atoms with Crippen LogP contribution in [-0.2, 0) is 9.59 Å². The van der Waals surface area contributed by atoms with E-state index in [-0.39, 0.29) is 18.4 Å². The lowest BCUT2D eigenvalue weighted by Crippen LogP contribution is -2.50. The van der Waals surface area contributed by atoms with Crippen LogP contribution in [0.5, 0.6) is 0 Å². The average molecular weight is 295 g/mol. The van der Waals surface area contributed by atoms with Crippen molar-refractivity contribution in [2.75, 3.05) is 26.7 Å². The van der Waals surface area contributed by atoms with E-state index in [0.717, 1.165) is 16.5 Å². The van der Waals surface area contributed by atoms with E-state index >= 15 is 0 Å². The minimum Gasteiger partial charge on any atom is -0.296 e. The third-order valence-electron chi connectivity index (χ3n) is 3.77. The molecule has 2 heterocycles. The Morgan fingerprint density at radius 3 is 2.86 bits per heavy atom. The molecule has 0 saturated carbocycles. The summed E-state index contributed by atoms with van der Waals surface area (Å²) in [5.41, 5.74) is 1.80. The monoisotopic (exact) mass is 295 g/mol. The first-order valence-electron chi connectivity index (χ1n) is 7.20. The van der Waals surface area contributed by atoms with Crippen LogP contribution in [0.2, 0.25) is 0 Å². The molecule has 5 nitrogen and oxygen atoms in total. The highest BCUT2D eigenvalue weighted by Gasteiger charge is 2.25. The standard InChI is InChI=1S/C17H17N3O2/c1-19-10-11-20(17(22)12-19)16(21)7-6-13-8-9-18-15-5-3-2-4-14(13)15/h2-9H,10-12H2,1H3/b7-6+. The van der Waals surface area contributed by atoms with E-state index in [9.17, 15) is 9.59 Å². The molecule has 5 heteroatoms. The molecule has 1 aromatic carbocycles. The number of piperazine rings is 1. The maximum absolute atomic E-state index is 12.2. The van der Waals surface area contributed by atoms with Gasteiger partial charge < -0.3 is 0 Å². The summed E-state index contributed by atoms with van der Waals surface area (Å²) in [6, 6.07) is 9.62. The summed E-state index contributed by atoms with van der Waals surface area (Å²) in [5, 5.41) is 0.985. The number of aromatic nitrogens is 1. The Morgan fingerprint density at radius 1 is 1.23 bits per heavy atom. The van der Waals surface area contributed by atoms with Crippen LogP contribution in [0, 0.1) is 0 Å². The lowest BCUT2D eigenvalue weighted by atomic mass is 10.1. The predicted molar refractivity (Wildman–Crippen MR) is 85.0 cm³/mol. The van der Waals surface area contributed by atoms with E-state index in [2.05, 4.69) is 4.98 Å². The van der Waals surface area contributed by atoms with Crippen molar-refractivity contribution in [1.82, 2.24) is 14.8 Å². The Morgan fingerprint density at radius 2 is 2.05 bits per heavy atom. The Labute approximate surface area is 128 Å². The van der Waals surface area contributed by atoms with E-state index in [1.807, 2.05) is 42.3 Å². The molecule has 0 N–H and O–H groups in total. The summed E-state index contributed by atoms with van der Waals surface area (Å²) < 4.78 is 0. The Balaban J connectivity index is 1.81. The minimum absolute atomic E-state index is 0.150. The van der Waals surface area contributed by atoms with Gasteiger partial charge in [-0.05, 0) is 30.8 Å². The molecule has 22 heavy (non-hydrogen) atoms. The number of carbonyl (C=O) groups is 2. The summed E-state index contributed by atoms with van der Waals surface area (Å²) in [6.45, 7) is 1.44. The van der Waals surface area contributed by atoms with Crippen molar-refractivity contribution >= 4 is 28.8 Å². The van der Waals surface area contributed by atoms with Crippen LogP contribution in [0.3, 0.4) is 0 Å². The normalized spacial score (nSPS) is 16.6. The summed E-state index contributed by atoms with van der Waals surface area (Å²) >= 11 is 0. The van der Waals surface area contributed by atoms with Crippen molar-refractivity contribution in [2.45, 2.75) is 0 Å². The van der Waals surface area contributed by atoms with E-state index in [0.29, 0.717) is 13.1 Å². The molecule has 1 aromatic heterocycles. The zero-order valence-corrected chi connectivity index (χ0v) is 12.4. The molecule has 0 atom stereocenters. The molecule has 0 bridgehead atoms. The summed E-state index contributed by atoms with van der Waals surface area (Å²) in [4.78, 5) is 31.6. The van der Waals surface area contributed by atoms with E-state index in [1.165, 1.54) is 11.0 Å². The van der Waals surface area contributed by atoms with Gasteiger partial charge in [-0.3, -0.25) is 24.4 Å². The summed E-state index contributed by atoms with van der Waals surface area (Å²) in [6.07, 6.45) is 4.93. The van der Waals surface area contributed by atoms with Gasteiger partial charge in [0.15, 0.2) is 0 Å². The van der Waals surface area contributed by atoms with Crippen LogP contribution in [0.25, 0.3) is 17.0 Å². The second kappa shape index (κ2) is 6.07. The van der Waals surface area contributed by atoms with E-state index < -0.39 is 0 Å². The lowest BCUT2D eigenvalue weighted by Gasteiger charge is -2.29. The van der Waals surface area contributed by atoms with Gasteiger partial charge in [0.25, 0.3) is 5.91 Å². The van der Waals surface area contributed by atoms with Crippen LogP contribution >= 0.6 is 0 Å². The molecule has 2 amide bonds. The fourth-order valence-electron chi connectivity index (χ4n) is 2.54. The molecular weight excluding hydrogens is 278 g/mol. The quantitative estimate of drug-likeness (QED) is 0.789. The van der Waals surface area contributed by atoms with Crippen LogP contribution < -0.4 is 0 Å². The van der Waals surface area contributed by atoms with Crippen molar-refractivity contribution in [3.8, 4) is 0 Å². The number of para-hydroxylation sites is 1. The average Bonchev–Trinajstić information content (AvgIpc) is 2.52. The number of carbonyl (C=O) groups excluding carboxylic acids is 2. The zero-order chi connectivity index (χ0) is 15.5. The van der Waals surface area contributed by atoms with Gasteiger partial charge in [-0.15, -0.1) is 0 Å². The number of pyridine rings is 1. The highest BCUT2D eigenvalue weighted by molar-refractivity contribution is 6.04. The number of hydrogen-bond acceptors (Lipinski definition) is 4. The van der Waals surface area contributed by atoms with Gasteiger partial charge in [0.05, 0.1) is 12.1 Å². The molecule has 0 aliphatic carbocycles. The SMILES string of the molecule is CN1CCN(C(=O)/C=C/c2ccnc3ccccc23)C(=O)C1. The van der Waals surface area contributed by atoms with Gasteiger partial charge >= 0.3 is 0 Å². The zero-order valence-electron chi connectivity index (χ0n) is 12.4. The fraction of sp³-hybridized carbons (Fsp3) is 0.235. The third kappa shape index (κ3) is 2.89. The largest absolute Gasteiger partial charge is 0.296 e. The smallest absolute Gasteiger partial charge is 0.253 e. The van der Waals surface area contributed by atoms with E-state index in [4.69, 9.17) is 0 Å². The van der Waals surface area contributed by atoms with Crippen molar-refractivity contribution in [3.63, 3.8) is 0 Å². The van der Waals surface area contributed by atoms with E-state index in [1.54, 1.807) is 12.3 Å². The highest BCUT2D eigenvalue weighted by atomic mass is 16.2. The molecule has 2 aromatic rings. The first kappa shape index (κ1) is 14.4. The van der Waals surface area contributed by atoms with Gasteiger partial charge in [-0.1, -0.05) is 18.2 Å². The molecule has 0 unspecified atom stereocenters. The summed E-state index contributed by atoms with van der Waals surface area (Å²) in [5.74, 6) is -0.415. The minimum atomic E-state index is -0.265. The van der Waals surface area contributed by atoms with Gasteiger partial charge in [-0.25, -0.2) is 0 Å². The molecule has 1 fully saturated rings. The van der Waals surface area contributed by atoms with Gasteiger partial charge in [0.2, 0.25) is 5.91 Å². The van der Waals surface area contributed by atoms with Crippen LogP contribution in [0.4, 0.5) is 0 Å². The van der Waals surface area contributed by atoms with Crippen LogP contribution in [0.15, 0.2) is 42.6 Å². The van der Waals surface area contributed by atoms with Crippen molar-refractivity contribution in [1.29, 1.82) is 0 Å². The Kier molecular flexibility index (Phi) is 3.98. The molecule has 0 spiro atoms. The Bertz CT molecular complexity index is 749. The van der Waals surface area contributed by atoms with Crippen molar-refractivity contribution in [3.05, 3.63) is 48.2 Å². The van der Waals surface area contributed by atoms with Crippen LogP contribution in [-0.4, -0.2) is 53.3 Å². The Hall–Kier alpha value is -2.53. The number of nitrogens with zero attached hydrogens (tertiary/aromatic N) is 3. The molecule has 0 radical (unpaired) electrons. The number of benzene rings is 1. The van der Waals surface area contributed by atoms with Gasteiger partial charge in [-0.2, -0.15) is 0 Å². The maximum atomic E-state index is 12.2. The number of likely N-dealkylation sites (N-methyl/N-ethyl adjacent to an activating group) is 1. The number of hydrogen-bond donors (Lipinski definition) is 0. The molecule has 1 aliphatic rings. The number of fused-ring (bicyclic) bond motifs is 1. The number of amides is 2. The van der Waals surface area contributed by atoms with Gasteiger partial charge in [0.1, 0.15) is 0 Å². The van der Waals surface area contributed by atoms with Crippen molar-refractivity contribution in [2.24, 2.45) is 0 Å². The second-order valence-corrected chi connectivity index (χ2v) is 5.37. The van der Waals surface area contributed by atoms with Crippen LogP contribution in [0.1, 0.15) is 5.56 Å². The second-order valence-electron chi connectivity index (χ2n) is 5.37. The third-order valence-corrected chi connectivity index (χ3v) is 3.77. The highest BCUT2D eigenvalue weighted by Crippen LogP contribution is 2.17. The molecule has 3 rings (SSSR count). The topological polar surface area (TPSA) is 53.5 Å². The predicted octanol–water partition coefficient (Wildman–Crippen LogP) is 1.55. The number of imide groups is 1. The molecular formula is C17H17N3O2. The molecule has 1 saturated heterocycles. The maximum Gasteiger partial charge on any atom is 0.253 e. The number of rotatable bonds is 2. The lowest BCUT2D eigenvalue weighted by molar-refractivity contribution is -0.145. The summed E-state index contributed by atoms with van der Waals surface area (Å²) in [7, 11) is 1.87. The van der Waals surface area contributed by atoms with Crippen molar-refractivity contribution < 1.29 is 9.59 Å². The fourth-order valence-corrected chi connectivity index (χ4v) is 2.54. The first-order chi connectivity index (χ1) is 10.6. The van der Waals surface area contributed by atoms with Gasteiger partial charge in [0, 0.05) is 30.7 Å². The molecule has 112 valence electrons. The molecule has 1 aliphatic heterocycles. The first-order valence-corrected chi connectivity index (χ1v) is 7.20.